The molecule has 0 atom stereocenters. The Labute approximate surface area is 121 Å². The quantitative estimate of drug-likeness (QED) is 0.839. The molecule has 112 valence electrons. The molecule has 0 bridgehead atoms. The van der Waals surface area contributed by atoms with Crippen LogP contribution in [-0.2, 0) is 16.0 Å². The highest BCUT2D eigenvalue weighted by Gasteiger charge is 2.28. The Bertz CT molecular complexity index is 599. The van der Waals surface area contributed by atoms with Gasteiger partial charge in [-0.2, -0.15) is 0 Å². The highest BCUT2D eigenvalue weighted by Crippen LogP contribution is 2.29. The van der Waals surface area contributed by atoms with Crippen molar-refractivity contribution in [3.8, 4) is 0 Å². The Hall–Kier alpha value is -2.57. The zero-order valence-corrected chi connectivity index (χ0v) is 11.8. The molecule has 21 heavy (non-hydrogen) atoms. The number of esters is 1. The van der Waals surface area contributed by atoms with E-state index in [2.05, 4.69) is 4.74 Å². The fraction of sp³-hybridized carbons (Fsp3) is 0.357. The van der Waals surface area contributed by atoms with E-state index in [0.717, 1.165) is 5.56 Å². The first-order chi connectivity index (χ1) is 9.93. The second-order valence-corrected chi connectivity index (χ2v) is 4.77. The van der Waals surface area contributed by atoms with Crippen LogP contribution in [-0.4, -0.2) is 55.2 Å². The predicted octanol–water partition coefficient (Wildman–Crippen LogP) is 0.972. The van der Waals surface area contributed by atoms with Gasteiger partial charge in [0.05, 0.1) is 12.7 Å². The Morgan fingerprint density at radius 2 is 2.10 bits per heavy atom. The van der Waals surface area contributed by atoms with E-state index in [1.807, 2.05) is 0 Å². The summed E-state index contributed by atoms with van der Waals surface area (Å²) in [7, 11) is 2.75. The molecular formula is C14H16N2O5. The lowest BCUT2D eigenvalue weighted by molar-refractivity contribution is -0.140. The van der Waals surface area contributed by atoms with Crippen molar-refractivity contribution in [2.45, 2.75) is 6.42 Å². The number of urea groups is 1. The van der Waals surface area contributed by atoms with Crippen molar-refractivity contribution in [2.24, 2.45) is 0 Å². The van der Waals surface area contributed by atoms with Gasteiger partial charge in [0.15, 0.2) is 0 Å². The molecule has 0 saturated carbocycles. The van der Waals surface area contributed by atoms with Crippen LogP contribution in [0.25, 0.3) is 0 Å². The summed E-state index contributed by atoms with van der Waals surface area (Å²) in [6.07, 6.45) is 0.660. The maximum Gasteiger partial charge on any atom is 0.335 e. The number of amides is 2. The van der Waals surface area contributed by atoms with E-state index in [0.29, 0.717) is 18.7 Å². The zero-order chi connectivity index (χ0) is 15.6. The van der Waals surface area contributed by atoms with Crippen LogP contribution in [0, 0.1) is 0 Å². The van der Waals surface area contributed by atoms with E-state index in [9.17, 15) is 14.4 Å². The van der Waals surface area contributed by atoms with E-state index in [4.69, 9.17) is 5.11 Å². The molecule has 2 rings (SSSR count). The molecule has 1 aliphatic heterocycles. The zero-order valence-electron chi connectivity index (χ0n) is 11.8. The topological polar surface area (TPSA) is 87.2 Å². The molecule has 0 aliphatic carbocycles. The lowest BCUT2D eigenvalue weighted by Crippen LogP contribution is -2.42. The number of aromatic carboxylic acids is 1. The Balaban J connectivity index is 2.21. The van der Waals surface area contributed by atoms with Crippen LogP contribution in [0.5, 0.6) is 0 Å². The summed E-state index contributed by atoms with van der Waals surface area (Å²) in [5.74, 6) is -1.55. The van der Waals surface area contributed by atoms with Gasteiger partial charge in [-0.15, -0.1) is 0 Å². The van der Waals surface area contributed by atoms with Crippen LogP contribution in [0.4, 0.5) is 10.5 Å². The van der Waals surface area contributed by atoms with Gasteiger partial charge in [-0.25, -0.2) is 9.59 Å². The summed E-state index contributed by atoms with van der Waals surface area (Å²) in [6, 6.07) is 4.36. The molecule has 0 spiro atoms. The van der Waals surface area contributed by atoms with Crippen molar-refractivity contribution in [1.82, 2.24) is 4.90 Å². The van der Waals surface area contributed by atoms with Gasteiger partial charge in [-0.1, -0.05) is 6.07 Å². The molecular weight excluding hydrogens is 276 g/mol. The number of benzene rings is 1. The standard InChI is InChI=1S/C14H16N2O5/c1-15(8-12(17)21-2)14(20)16-6-5-9-3-4-10(13(18)19)7-11(9)16/h3-4,7H,5-6,8H2,1-2H3,(H,18,19). The molecule has 1 aromatic rings. The molecule has 7 nitrogen and oxygen atoms in total. The lowest BCUT2D eigenvalue weighted by Gasteiger charge is -2.24. The summed E-state index contributed by atoms with van der Waals surface area (Å²) < 4.78 is 4.52. The number of hydrogen-bond donors (Lipinski definition) is 1. The summed E-state index contributed by atoms with van der Waals surface area (Å²) in [6.45, 7) is 0.308. The number of ether oxygens (including phenoxy) is 1. The van der Waals surface area contributed by atoms with Gasteiger partial charge < -0.3 is 14.7 Å². The van der Waals surface area contributed by atoms with Crippen molar-refractivity contribution in [3.63, 3.8) is 0 Å². The van der Waals surface area contributed by atoms with Crippen LogP contribution < -0.4 is 4.90 Å². The number of nitrogens with zero attached hydrogens (tertiary/aromatic N) is 2. The Morgan fingerprint density at radius 3 is 2.71 bits per heavy atom. The molecule has 2 amide bonds. The van der Waals surface area contributed by atoms with E-state index in [1.165, 1.54) is 36.1 Å². The number of carboxylic acid groups (broad SMARTS) is 1. The predicted molar refractivity (Wildman–Crippen MR) is 74.5 cm³/mol. The number of carbonyl (C=O) groups is 3. The molecule has 1 heterocycles. The van der Waals surface area contributed by atoms with E-state index in [1.54, 1.807) is 6.07 Å². The number of carbonyl (C=O) groups excluding carboxylic acids is 2. The SMILES string of the molecule is COC(=O)CN(C)C(=O)N1CCc2ccc(C(=O)O)cc21. The summed E-state index contributed by atoms with van der Waals surface area (Å²) in [4.78, 5) is 37.3. The van der Waals surface area contributed by atoms with E-state index >= 15 is 0 Å². The van der Waals surface area contributed by atoms with Crippen LogP contribution in [0.1, 0.15) is 15.9 Å². The number of rotatable bonds is 3. The molecule has 1 N–H and O–H groups in total. The van der Waals surface area contributed by atoms with E-state index < -0.39 is 11.9 Å². The van der Waals surface area contributed by atoms with Gasteiger partial charge in [0.2, 0.25) is 0 Å². The minimum Gasteiger partial charge on any atom is -0.478 e. The maximum atomic E-state index is 12.3. The normalized spacial score (nSPS) is 12.8. The molecule has 0 radical (unpaired) electrons. The Kier molecular flexibility index (Phi) is 4.11. The van der Waals surface area contributed by atoms with Gasteiger partial charge in [0, 0.05) is 19.3 Å². The van der Waals surface area contributed by atoms with Crippen LogP contribution in [0.2, 0.25) is 0 Å². The number of carboxylic acids is 1. The number of anilines is 1. The highest BCUT2D eigenvalue weighted by molar-refractivity contribution is 5.97. The summed E-state index contributed by atoms with van der Waals surface area (Å²) in [5.41, 5.74) is 1.63. The molecule has 0 aromatic heterocycles. The molecule has 0 unspecified atom stereocenters. The van der Waals surface area contributed by atoms with Crippen LogP contribution in [0.3, 0.4) is 0 Å². The van der Waals surface area contributed by atoms with E-state index in [-0.39, 0.29) is 18.1 Å². The fourth-order valence-electron chi connectivity index (χ4n) is 2.24. The van der Waals surface area contributed by atoms with Gasteiger partial charge in [-0.05, 0) is 24.1 Å². The molecule has 0 saturated heterocycles. The second kappa shape index (κ2) is 5.82. The first-order valence-corrected chi connectivity index (χ1v) is 6.39. The molecule has 0 fully saturated rings. The summed E-state index contributed by atoms with van der Waals surface area (Å²) >= 11 is 0. The number of fused-ring (bicyclic) bond motifs is 1. The maximum absolute atomic E-state index is 12.3. The van der Waals surface area contributed by atoms with Crippen LogP contribution >= 0.6 is 0 Å². The molecule has 1 aliphatic rings. The monoisotopic (exact) mass is 292 g/mol. The second-order valence-electron chi connectivity index (χ2n) is 4.77. The van der Waals surface area contributed by atoms with Crippen molar-refractivity contribution in [3.05, 3.63) is 29.3 Å². The van der Waals surface area contributed by atoms with Crippen molar-refractivity contribution in [1.29, 1.82) is 0 Å². The van der Waals surface area contributed by atoms with Gasteiger partial charge in [-0.3, -0.25) is 9.69 Å². The van der Waals surface area contributed by atoms with Gasteiger partial charge >= 0.3 is 18.0 Å². The third kappa shape index (κ3) is 2.96. The van der Waals surface area contributed by atoms with Crippen molar-refractivity contribution in [2.75, 3.05) is 32.1 Å². The first kappa shape index (κ1) is 14.8. The highest BCUT2D eigenvalue weighted by atomic mass is 16.5. The van der Waals surface area contributed by atoms with Crippen LogP contribution in [0.15, 0.2) is 18.2 Å². The van der Waals surface area contributed by atoms with Gasteiger partial charge in [0.25, 0.3) is 0 Å². The number of likely N-dealkylation sites (N-methyl/N-ethyl adjacent to an activating group) is 1. The van der Waals surface area contributed by atoms with Crippen molar-refractivity contribution >= 4 is 23.7 Å². The lowest BCUT2D eigenvalue weighted by atomic mass is 10.1. The molecule has 7 heteroatoms. The summed E-state index contributed by atoms with van der Waals surface area (Å²) in [5, 5.41) is 9.03. The smallest absolute Gasteiger partial charge is 0.335 e. The third-order valence-corrected chi connectivity index (χ3v) is 3.38. The van der Waals surface area contributed by atoms with Gasteiger partial charge in [0.1, 0.15) is 6.54 Å². The fourth-order valence-corrected chi connectivity index (χ4v) is 2.24. The minimum atomic E-state index is -1.04. The average Bonchev–Trinajstić information content (AvgIpc) is 2.88. The first-order valence-electron chi connectivity index (χ1n) is 6.39. The Morgan fingerprint density at radius 1 is 1.38 bits per heavy atom. The number of hydrogen-bond acceptors (Lipinski definition) is 4. The molecule has 1 aromatic carbocycles. The largest absolute Gasteiger partial charge is 0.478 e. The average molecular weight is 292 g/mol. The van der Waals surface area contributed by atoms with Crippen molar-refractivity contribution < 1.29 is 24.2 Å². The minimum absolute atomic E-state index is 0.129. The number of methoxy groups -OCH3 is 1. The third-order valence-electron chi connectivity index (χ3n) is 3.38.